The molecule has 0 saturated carbocycles. The number of hydrogen-bond donors (Lipinski definition) is 0. The van der Waals surface area contributed by atoms with E-state index >= 15 is 0 Å². The lowest BCUT2D eigenvalue weighted by Gasteiger charge is -2.12. The predicted octanol–water partition coefficient (Wildman–Crippen LogP) is 4.02. The molecule has 4 nitrogen and oxygen atoms in total. The van der Waals surface area contributed by atoms with Crippen LogP contribution < -0.4 is 0 Å². The van der Waals surface area contributed by atoms with Crippen LogP contribution in [0.2, 0.25) is 0 Å². The van der Waals surface area contributed by atoms with E-state index in [9.17, 15) is 18.0 Å². The molecule has 0 amide bonds. The molecule has 0 radical (unpaired) electrons. The van der Waals surface area contributed by atoms with Crippen LogP contribution in [0.4, 0.5) is 13.2 Å². The Morgan fingerprint density at radius 2 is 1.96 bits per heavy atom. The van der Waals surface area contributed by atoms with Crippen LogP contribution in [-0.2, 0) is 12.6 Å². The Morgan fingerprint density at radius 1 is 1.17 bits per heavy atom. The minimum absolute atomic E-state index is 0.127. The van der Waals surface area contributed by atoms with Gasteiger partial charge in [-0.15, -0.1) is 0 Å². The molecule has 0 aliphatic heterocycles. The molecule has 0 spiro atoms. The Labute approximate surface area is 132 Å². The van der Waals surface area contributed by atoms with E-state index in [1.807, 2.05) is 18.2 Å². The highest BCUT2D eigenvalue weighted by Gasteiger charge is 2.42. The van der Waals surface area contributed by atoms with Crippen molar-refractivity contribution < 1.29 is 18.0 Å². The first-order valence-electron chi connectivity index (χ1n) is 7.03. The van der Waals surface area contributed by atoms with Gasteiger partial charge in [-0.2, -0.15) is 18.3 Å². The Kier molecular flexibility index (Phi) is 3.06. The predicted molar refractivity (Wildman–Crippen MR) is 79.0 cm³/mol. The quantitative estimate of drug-likeness (QED) is 0.674. The van der Waals surface area contributed by atoms with Crippen LogP contribution in [0.25, 0.3) is 15.3 Å². The molecule has 1 aliphatic carbocycles. The van der Waals surface area contributed by atoms with E-state index < -0.39 is 17.7 Å². The summed E-state index contributed by atoms with van der Waals surface area (Å²) in [5, 5.41) is 4.05. The second kappa shape index (κ2) is 4.89. The van der Waals surface area contributed by atoms with Gasteiger partial charge in [-0.25, -0.2) is 9.67 Å². The summed E-state index contributed by atoms with van der Waals surface area (Å²) in [7, 11) is 0. The summed E-state index contributed by atoms with van der Waals surface area (Å²) in [6.07, 6.45) is -3.61. The number of halogens is 3. The molecule has 0 N–H and O–H groups in total. The van der Waals surface area contributed by atoms with E-state index in [2.05, 4.69) is 10.1 Å². The molecule has 2 heterocycles. The zero-order valence-electron chi connectivity index (χ0n) is 11.7. The average molecular weight is 337 g/mol. The zero-order chi connectivity index (χ0) is 16.2. The number of rotatable bonds is 1. The van der Waals surface area contributed by atoms with Gasteiger partial charge >= 0.3 is 6.18 Å². The fourth-order valence-corrected chi connectivity index (χ4v) is 3.77. The summed E-state index contributed by atoms with van der Waals surface area (Å²) >= 11 is 1.26. The lowest BCUT2D eigenvalue weighted by molar-refractivity contribution is -0.141. The van der Waals surface area contributed by atoms with Crippen molar-refractivity contribution in [2.24, 2.45) is 0 Å². The SMILES string of the molecule is O=C1CCCc2c1c(C(F)(F)F)nn2-c1nc2ccccc2s1. The number of Topliss-reactive ketones (excluding diaryl/α,β-unsaturated/α-hetero) is 1. The molecule has 1 aliphatic rings. The fourth-order valence-electron chi connectivity index (χ4n) is 2.83. The lowest BCUT2D eigenvalue weighted by Crippen LogP contribution is -2.16. The number of nitrogens with zero attached hydrogens (tertiary/aromatic N) is 3. The van der Waals surface area contributed by atoms with Crippen LogP contribution in [-0.4, -0.2) is 20.5 Å². The van der Waals surface area contributed by atoms with E-state index in [0.29, 0.717) is 29.2 Å². The number of ketones is 1. The van der Waals surface area contributed by atoms with Crippen molar-refractivity contribution in [3.63, 3.8) is 0 Å². The van der Waals surface area contributed by atoms with Crippen molar-refractivity contribution in [2.75, 3.05) is 0 Å². The number of fused-ring (bicyclic) bond motifs is 2. The second-order valence-electron chi connectivity index (χ2n) is 5.32. The van der Waals surface area contributed by atoms with Gasteiger partial charge in [0.2, 0.25) is 5.13 Å². The normalized spacial score (nSPS) is 15.2. The van der Waals surface area contributed by atoms with Crippen molar-refractivity contribution in [1.82, 2.24) is 14.8 Å². The van der Waals surface area contributed by atoms with E-state index in [1.54, 1.807) is 6.07 Å². The number of hydrogen-bond acceptors (Lipinski definition) is 4. The summed E-state index contributed by atoms with van der Waals surface area (Å²) < 4.78 is 41.8. The largest absolute Gasteiger partial charge is 0.435 e. The third-order valence-electron chi connectivity index (χ3n) is 3.81. The summed E-state index contributed by atoms with van der Waals surface area (Å²) in [5.74, 6) is -0.495. The smallest absolute Gasteiger partial charge is 0.294 e. The molecule has 118 valence electrons. The fraction of sp³-hybridized carbons (Fsp3) is 0.267. The number of alkyl halides is 3. The second-order valence-corrected chi connectivity index (χ2v) is 6.33. The number of carbonyl (C=O) groups excluding carboxylic acids is 1. The highest BCUT2D eigenvalue weighted by molar-refractivity contribution is 7.20. The van der Waals surface area contributed by atoms with Gasteiger partial charge in [0.05, 0.1) is 21.5 Å². The van der Waals surface area contributed by atoms with Gasteiger partial charge in [-0.05, 0) is 25.0 Å². The molecule has 2 aromatic heterocycles. The van der Waals surface area contributed by atoms with Gasteiger partial charge in [-0.1, -0.05) is 23.5 Å². The van der Waals surface area contributed by atoms with Gasteiger partial charge in [0, 0.05) is 6.42 Å². The van der Waals surface area contributed by atoms with Crippen molar-refractivity contribution in [1.29, 1.82) is 0 Å². The molecule has 8 heteroatoms. The van der Waals surface area contributed by atoms with Crippen LogP contribution in [0.1, 0.15) is 34.6 Å². The van der Waals surface area contributed by atoms with Crippen molar-refractivity contribution in [2.45, 2.75) is 25.4 Å². The number of aromatic nitrogens is 3. The molecule has 0 atom stereocenters. The maximum Gasteiger partial charge on any atom is 0.435 e. The molecule has 3 aromatic rings. The minimum Gasteiger partial charge on any atom is -0.294 e. The van der Waals surface area contributed by atoms with Crippen molar-refractivity contribution in [3.8, 4) is 5.13 Å². The summed E-state index contributed by atoms with van der Waals surface area (Å²) in [4.78, 5) is 16.4. The Morgan fingerprint density at radius 3 is 2.70 bits per heavy atom. The molecule has 4 rings (SSSR count). The molecule has 0 unspecified atom stereocenters. The maximum atomic E-state index is 13.2. The Bertz CT molecular complexity index is 893. The third kappa shape index (κ3) is 2.24. The van der Waals surface area contributed by atoms with Gasteiger partial charge in [0.25, 0.3) is 0 Å². The molecule has 0 fully saturated rings. The van der Waals surface area contributed by atoms with Crippen LogP contribution in [0, 0.1) is 0 Å². The van der Waals surface area contributed by atoms with Crippen molar-refractivity contribution >= 4 is 27.3 Å². The van der Waals surface area contributed by atoms with Crippen molar-refractivity contribution in [3.05, 3.63) is 41.2 Å². The average Bonchev–Trinajstić information content (AvgIpc) is 3.08. The molecule has 1 aromatic carbocycles. The van der Waals surface area contributed by atoms with E-state index in [1.165, 1.54) is 16.0 Å². The highest BCUT2D eigenvalue weighted by atomic mass is 32.1. The summed E-state index contributed by atoms with van der Waals surface area (Å²) in [6.45, 7) is 0. The molecule has 0 bridgehead atoms. The van der Waals surface area contributed by atoms with Gasteiger partial charge in [0.15, 0.2) is 11.5 Å². The highest BCUT2D eigenvalue weighted by Crippen LogP contribution is 2.37. The van der Waals surface area contributed by atoms with Crippen LogP contribution >= 0.6 is 11.3 Å². The van der Waals surface area contributed by atoms with Crippen LogP contribution in [0.5, 0.6) is 0 Å². The first-order valence-corrected chi connectivity index (χ1v) is 7.85. The van der Waals surface area contributed by atoms with E-state index in [0.717, 1.165) is 4.70 Å². The van der Waals surface area contributed by atoms with Gasteiger partial charge in [-0.3, -0.25) is 4.79 Å². The monoisotopic (exact) mass is 337 g/mol. The molecular formula is C15H10F3N3OS. The van der Waals surface area contributed by atoms with Crippen LogP contribution in [0.3, 0.4) is 0 Å². The summed E-state index contributed by atoms with van der Waals surface area (Å²) in [6, 6.07) is 7.30. The Balaban J connectivity index is 1.97. The topological polar surface area (TPSA) is 47.8 Å². The minimum atomic E-state index is -4.65. The lowest BCUT2D eigenvalue weighted by atomic mass is 9.94. The number of thiazole rings is 1. The molecular weight excluding hydrogens is 327 g/mol. The molecule has 23 heavy (non-hydrogen) atoms. The first kappa shape index (κ1) is 14.4. The standard InChI is InChI=1S/C15H10F3N3OS/c16-15(17,18)13-12-9(5-3-6-10(12)22)21(20-13)14-19-8-4-1-2-7-11(8)23-14/h1-2,4,7H,3,5-6H2. The summed E-state index contributed by atoms with van der Waals surface area (Å²) in [5.41, 5.74) is -0.375. The van der Waals surface area contributed by atoms with E-state index in [4.69, 9.17) is 0 Å². The molecule has 0 saturated heterocycles. The van der Waals surface area contributed by atoms with E-state index in [-0.39, 0.29) is 12.0 Å². The van der Waals surface area contributed by atoms with Gasteiger partial charge in [0.1, 0.15) is 0 Å². The maximum absolute atomic E-state index is 13.2. The number of carbonyl (C=O) groups is 1. The first-order chi connectivity index (χ1) is 10.9. The zero-order valence-corrected chi connectivity index (χ0v) is 12.5. The van der Waals surface area contributed by atoms with Gasteiger partial charge < -0.3 is 0 Å². The number of benzene rings is 1. The van der Waals surface area contributed by atoms with Crippen LogP contribution in [0.15, 0.2) is 24.3 Å². The number of para-hydroxylation sites is 1. The third-order valence-corrected chi connectivity index (χ3v) is 4.82. The Hall–Kier alpha value is -2.22.